The molecule has 1 aliphatic heterocycles. The van der Waals surface area contributed by atoms with Crippen LogP contribution in [0.3, 0.4) is 0 Å². The Balaban J connectivity index is 1.52. The number of hydrogen-bond acceptors (Lipinski definition) is 3. The number of unbranched alkanes of at least 4 members (excludes halogenated alkanes) is 1. The summed E-state index contributed by atoms with van der Waals surface area (Å²) in [5, 5.41) is 0. The molecule has 2 aromatic carbocycles. The van der Waals surface area contributed by atoms with Crippen molar-refractivity contribution >= 4 is 5.97 Å². The normalized spacial score (nSPS) is 16.8. The van der Waals surface area contributed by atoms with E-state index in [-0.39, 0.29) is 5.97 Å². The summed E-state index contributed by atoms with van der Waals surface area (Å²) in [4.78, 5) is 15.3. The van der Waals surface area contributed by atoms with E-state index in [1.165, 1.54) is 18.4 Å². The number of hydrogen-bond donors (Lipinski definition) is 0. The minimum atomic E-state index is -0.474. The summed E-state index contributed by atoms with van der Waals surface area (Å²) in [6, 6.07) is 20.9. The van der Waals surface area contributed by atoms with E-state index >= 15 is 0 Å². The smallest absolute Gasteiger partial charge is 0.316 e. The van der Waals surface area contributed by atoms with Gasteiger partial charge in [-0.25, -0.2) is 0 Å². The molecular formula is C24H31NO2. The quantitative estimate of drug-likeness (QED) is 0.505. The molecule has 27 heavy (non-hydrogen) atoms. The highest BCUT2D eigenvalue weighted by atomic mass is 16.5. The number of nitrogens with zero attached hydrogens (tertiary/aromatic N) is 1. The molecule has 3 heteroatoms. The van der Waals surface area contributed by atoms with Crippen LogP contribution in [0, 0.1) is 0 Å². The fourth-order valence-electron chi connectivity index (χ4n) is 4.10. The van der Waals surface area contributed by atoms with Crippen LogP contribution in [-0.2, 0) is 21.4 Å². The summed E-state index contributed by atoms with van der Waals surface area (Å²) in [5.74, 6) is -0.0556. The number of aryl methyl sites for hydroxylation is 1. The van der Waals surface area contributed by atoms with E-state index in [4.69, 9.17) is 4.74 Å². The molecule has 0 N–H and O–H groups in total. The van der Waals surface area contributed by atoms with Crippen molar-refractivity contribution in [3.05, 3.63) is 71.8 Å². The third-order valence-corrected chi connectivity index (χ3v) is 5.73. The van der Waals surface area contributed by atoms with Gasteiger partial charge < -0.3 is 9.64 Å². The minimum Gasteiger partial charge on any atom is -0.465 e. The standard InChI is InChI=1S/C24H31NO2/c1-2-27-23(26)24(22-14-7-4-8-15-22)16-19-25(20-17-24)18-10-9-13-21-11-5-3-6-12-21/h3-8,11-12,14-15H,2,9-10,13,16-20H2,1H3. The highest BCUT2D eigenvalue weighted by Crippen LogP contribution is 2.37. The van der Waals surface area contributed by atoms with Gasteiger partial charge in [0.25, 0.3) is 0 Å². The molecule has 0 aliphatic carbocycles. The number of carbonyl (C=O) groups excluding carboxylic acids is 1. The van der Waals surface area contributed by atoms with Crippen molar-refractivity contribution in [2.75, 3.05) is 26.2 Å². The largest absolute Gasteiger partial charge is 0.465 e. The molecule has 3 rings (SSSR count). The van der Waals surface area contributed by atoms with Crippen LogP contribution in [0.1, 0.15) is 43.7 Å². The monoisotopic (exact) mass is 365 g/mol. The van der Waals surface area contributed by atoms with Crippen LogP contribution in [-0.4, -0.2) is 37.1 Å². The molecule has 1 fully saturated rings. The highest BCUT2D eigenvalue weighted by molar-refractivity contribution is 5.83. The molecule has 0 atom stereocenters. The van der Waals surface area contributed by atoms with Crippen LogP contribution in [0.15, 0.2) is 60.7 Å². The van der Waals surface area contributed by atoms with Crippen LogP contribution >= 0.6 is 0 Å². The Morgan fingerprint density at radius 3 is 2.22 bits per heavy atom. The number of carbonyl (C=O) groups is 1. The summed E-state index contributed by atoms with van der Waals surface area (Å²) in [5.41, 5.74) is 2.05. The van der Waals surface area contributed by atoms with Crippen molar-refractivity contribution in [2.24, 2.45) is 0 Å². The number of ether oxygens (including phenoxy) is 1. The molecule has 0 bridgehead atoms. The van der Waals surface area contributed by atoms with Crippen molar-refractivity contribution in [3.63, 3.8) is 0 Å². The zero-order valence-electron chi connectivity index (χ0n) is 16.4. The van der Waals surface area contributed by atoms with E-state index in [2.05, 4.69) is 47.4 Å². The van der Waals surface area contributed by atoms with Gasteiger partial charge in [-0.2, -0.15) is 0 Å². The summed E-state index contributed by atoms with van der Waals surface area (Å²) >= 11 is 0. The van der Waals surface area contributed by atoms with Gasteiger partial charge in [0, 0.05) is 0 Å². The minimum absolute atomic E-state index is 0.0556. The number of benzene rings is 2. The van der Waals surface area contributed by atoms with Gasteiger partial charge in [-0.15, -0.1) is 0 Å². The third-order valence-electron chi connectivity index (χ3n) is 5.73. The van der Waals surface area contributed by atoms with Crippen molar-refractivity contribution in [3.8, 4) is 0 Å². The molecule has 0 spiro atoms. The Morgan fingerprint density at radius 1 is 0.963 bits per heavy atom. The summed E-state index contributed by atoms with van der Waals surface area (Å²) in [6.07, 6.45) is 5.24. The molecule has 0 radical (unpaired) electrons. The maximum Gasteiger partial charge on any atom is 0.316 e. The molecule has 144 valence electrons. The third kappa shape index (κ3) is 4.98. The fraction of sp³-hybridized carbons (Fsp3) is 0.458. The predicted octanol–water partition coefficient (Wildman–Crippen LogP) is 4.61. The molecule has 1 heterocycles. The summed E-state index contributed by atoms with van der Waals surface area (Å²) < 4.78 is 5.46. The van der Waals surface area contributed by atoms with E-state index in [0.29, 0.717) is 6.61 Å². The first-order chi connectivity index (χ1) is 13.2. The molecule has 1 aliphatic rings. The Bertz CT molecular complexity index is 691. The first-order valence-corrected chi connectivity index (χ1v) is 10.2. The van der Waals surface area contributed by atoms with Gasteiger partial charge in [0.1, 0.15) is 0 Å². The van der Waals surface area contributed by atoms with Crippen LogP contribution in [0.2, 0.25) is 0 Å². The van der Waals surface area contributed by atoms with Crippen LogP contribution in [0.4, 0.5) is 0 Å². The predicted molar refractivity (Wildman–Crippen MR) is 110 cm³/mol. The lowest BCUT2D eigenvalue weighted by Crippen LogP contribution is -2.48. The topological polar surface area (TPSA) is 29.5 Å². The van der Waals surface area contributed by atoms with Crippen LogP contribution < -0.4 is 0 Å². The second kappa shape index (κ2) is 9.70. The SMILES string of the molecule is CCOC(=O)C1(c2ccccc2)CCN(CCCCc2ccccc2)CC1. The average molecular weight is 366 g/mol. The maximum absolute atomic E-state index is 12.8. The number of piperidine rings is 1. The van der Waals surface area contributed by atoms with E-state index in [9.17, 15) is 4.79 Å². The molecule has 0 amide bonds. The van der Waals surface area contributed by atoms with Gasteiger partial charge in [-0.3, -0.25) is 4.79 Å². The van der Waals surface area contributed by atoms with Gasteiger partial charge in [-0.1, -0.05) is 60.7 Å². The highest BCUT2D eigenvalue weighted by Gasteiger charge is 2.43. The summed E-state index contributed by atoms with van der Waals surface area (Å²) in [7, 11) is 0. The maximum atomic E-state index is 12.8. The second-order valence-corrected chi connectivity index (χ2v) is 7.45. The van der Waals surface area contributed by atoms with Crippen LogP contribution in [0.5, 0.6) is 0 Å². The molecule has 2 aromatic rings. The molecule has 3 nitrogen and oxygen atoms in total. The summed E-state index contributed by atoms with van der Waals surface area (Å²) in [6.45, 7) is 5.35. The van der Waals surface area contributed by atoms with E-state index < -0.39 is 5.41 Å². The Kier molecular flexibility index (Phi) is 7.05. The second-order valence-electron chi connectivity index (χ2n) is 7.45. The van der Waals surface area contributed by atoms with Gasteiger partial charge in [0.2, 0.25) is 0 Å². The van der Waals surface area contributed by atoms with Gasteiger partial charge in [0.05, 0.1) is 12.0 Å². The first-order valence-electron chi connectivity index (χ1n) is 10.2. The molecule has 0 aromatic heterocycles. The number of rotatable bonds is 8. The molecule has 1 saturated heterocycles. The first kappa shape index (κ1) is 19.6. The van der Waals surface area contributed by atoms with Crippen molar-refractivity contribution in [1.29, 1.82) is 0 Å². The van der Waals surface area contributed by atoms with Gasteiger partial charge in [0.15, 0.2) is 0 Å². The molecule has 0 unspecified atom stereocenters. The Hall–Kier alpha value is -2.13. The lowest BCUT2D eigenvalue weighted by Gasteiger charge is -2.40. The van der Waals surface area contributed by atoms with E-state index in [0.717, 1.165) is 44.5 Å². The zero-order chi connectivity index (χ0) is 19.0. The van der Waals surface area contributed by atoms with Gasteiger partial charge in [-0.05, 0) is 69.8 Å². The molecule has 0 saturated carbocycles. The van der Waals surface area contributed by atoms with Crippen LogP contribution in [0.25, 0.3) is 0 Å². The number of likely N-dealkylation sites (tertiary alicyclic amines) is 1. The number of esters is 1. The van der Waals surface area contributed by atoms with Crippen molar-refractivity contribution in [1.82, 2.24) is 4.90 Å². The van der Waals surface area contributed by atoms with E-state index in [1.54, 1.807) is 0 Å². The zero-order valence-corrected chi connectivity index (χ0v) is 16.4. The van der Waals surface area contributed by atoms with Crippen molar-refractivity contribution in [2.45, 2.75) is 44.4 Å². The lowest BCUT2D eigenvalue weighted by atomic mass is 9.72. The fourth-order valence-corrected chi connectivity index (χ4v) is 4.10. The molecular weight excluding hydrogens is 334 g/mol. The van der Waals surface area contributed by atoms with Crippen molar-refractivity contribution < 1.29 is 9.53 Å². The average Bonchev–Trinajstić information content (AvgIpc) is 2.73. The van der Waals surface area contributed by atoms with Gasteiger partial charge >= 0.3 is 5.97 Å². The van der Waals surface area contributed by atoms with E-state index in [1.807, 2.05) is 25.1 Å². The Morgan fingerprint density at radius 2 is 1.59 bits per heavy atom. The Labute approximate surface area is 163 Å². The lowest BCUT2D eigenvalue weighted by molar-refractivity contribution is -0.152.